The quantitative estimate of drug-likeness (QED) is 0.114. The molecule has 0 aliphatic carbocycles. The van der Waals surface area contributed by atoms with Gasteiger partial charge in [0, 0.05) is 51.8 Å². The molecule has 4 heterocycles. The number of aliphatic hydroxyl groups excluding tert-OH is 1. The second kappa shape index (κ2) is 17.0. The number of hydrazone groups is 1. The topological polar surface area (TPSA) is 208 Å². The first-order valence-corrected chi connectivity index (χ1v) is 13.5. The number of hydrogen-bond acceptors (Lipinski definition) is 14. The molecule has 3 aromatic heterocycles. The van der Waals surface area contributed by atoms with E-state index in [1.165, 1.54) is 23.3 Å². The number of carbonyl (C=O) groups excluding carboxylic acids is 1. The molecule has 232 valence electrons. The van der Waals surface area contributed by atoms with E-state index in [4.69, 9.17) is 15.2 Å². The summed E-state index contributed by atoms with van der Waals surface area (Å²) < 4.78 is 11.7. The van der Waals surface area contributed by atoms with Gasteiger partial charge in [0.25, 0.3) is 0 Å². The number of nitro groups is 1. The molecule has 5 N–H and O–H groups in total. The molecule has 0 fully saturated rings. The van der Waals surface area contributed by atoms with Crippen molar-refractivity contribution < 1.29 is 24.3 Å². The molecule has 1 atom stereocenters. The standard InChI is InChI=1S/C13H15N5O4.C12H17N5O2.C2H6/c1-3-22-13(19)9-6-8-15-17(2)12(9)16-11-10(18(20)21)5-4-7-14-11;1-3-19-12(18)8-7-15-17(2)11(8)16-10-9(13)5-4-6-14-10;1-2/h4-5,7-8H,3,6H2,1-2H3,(H,14,16);4-7,12,18H,3,13H2,1-2H3,(H,14,16);1-2H3. The van der Waals surface area contributed by atoms with Gasteiger partial charge in [0.05, 0.1) is 34.6 Å². The SMILES string of the molecule is CC.CCOC(=O)C1=C(Nc2ncccc2[N+](=O)[O-])N(C)N=CC1.CCOC(O)c1cnn(C)c1Nc1ncccc1N. The van der Waals surface area contributed by atoms with Crippen LogP contribution in [0, 0.1) is 10.1 Å². The number of ether oxygens (including phenoxy) is 2. The first-order valence-electron chi connectivity index (χ1n) is 13.5. The van der Waals surface area contributed by atoms with Crippen molar-refractivity contribution >= 4 is 41.0 Å². The Morgan fingerprint density at radius 3 is 2.44 bits per heavy atom. The summed E-state index contributed by atoms with van der Waals surface area (Å²) >= 11 is 0. The van der Waals surface area contributed by atoms with Gasteiger partial charge in [-0.1, -0.05) is 13.8 Å². The molecule has 0 bridgehead atoms. The smallest absolute Gasteiger partial charge is 0.338 e. The van der Waals surface area contributed by atoms with E-state index >= 15 is 0 Å². The zero-order valence-corrected chi connectivity index (χ0v) is 25.0. The highest BCUT2D eigenvalue weighted by molar-refractivity contribution is 5.94. The minimum atomic E-state index is -1.04. The fourth-order valence-electron chi connectivity index (χ4n) is 3.58. The van der Waals surface area contributed by atoms with E-state index in [2.05, 4.69) is 30.8 Å². The van der Waals surface area contributed by atoms with Gasteiger partial charge >= 0.3 is 11.7 Å². The lowest BCUT2D eigenvalue weighted by Crippen LogP contribution is -2.27. The molecule has 0 spiro atoms. The average Bonchev–Trinajstić information content (AvgIpc) is 3.36. The lowest BCUT2D eigenvalue weighted by Gasteiger charge is -2.24. The van der Waals surface area contributed by atoms with Crippen LogP contribution in [0.15, 0.2) is 59.4 Å². The predicted molar refractivity (Wildman–Crippen MR) is 162 cm³/mol. The molecule has 16 heteroatoms. The van der Waals surface area contributed by atoms with Crippen LogP contribution in [0.5, 0.6) is 0 Å². The van der Waals surface area contributed by atoms with Crippen LogP contribution in [-0.4, -0.2) is 67.2 Å². The molecule has 1 aliphatic rings. The van der Waals surface area contributed by atoms with Gasteiger partial charge in [-0.05, 0) is 32.0 Å². The number of rotatable bonds is 10. The van der Waals surface area contributed by atoms with Crippen LogP contribution in [0.3, 0.4) is 0 Å². The Labute approximate surface area is 249 Å². The maximum Gasteiger partial charge on any atom is 0.338 e. The molecular formula is C27H38N10O6. The number of nitrogens with two attached hydrogens (primary N) is 1. The molecular weight excluding hydrogens is 560 g/mol. The fourth-order valence-corrected chi connectivity index (χ4v) is 3.58. The second-order valence-electron chi connectivity index (χ2n) is 8.27. The van der Waals surface area contributed by atoms with E-state index in [9.17, 15) is 20.0 Å². The number of nitrogens with zero attached hydrogens (tertiary/aromatic N) is 7. The Bertz CT molecular complexity index is 1420. The number of aryl methyl sites for hydroxylation is 1. The van der Waals surface area contributed by atoms with Crippen LogP contribution < -0.4 is 16.4 Å². The van der Waals surface area contributed by atoms with Crippen molar-refractivity contribution in [2.45, 2.75) is 40.4 Å². The summed E-state index contributed by atoms with van der Waals surface area (Å²) in [6.45, 7) is 8.15. The predicted octanol–water partition coefficient (Wildman–Crippen LogP) is 3.69. The number of nitrogens with one attached hydrogen (secondary N) is 2. The molecule has 0 radical (unpaired) electrons. The monoisotopic (exact) mass is 598 g/mol. The first-order chi connectivity index (χ1) is 20.7. The van der Waals surface area contributed by atoms with E-state index in [-0.39, 0.29) is 24.5 Å². The summed E-state index contributed by atoms with van der Waals surface area (Å²) in [6, 6.07) is 6.28. The van der Waals surface area contributed by atoms with Crippen molar-refractivity contribution in [3.05, 3.63) is 69.9 Å². The summed E-state index contributed by atoms with van der Waals surface area (Å²) in [4.78, 5) is 30.6. The van der Waals surface area contributed by atoms with Gasteiger partial charge in [-0.15, -0.1) is 0 Å². The summed E-state index contributed by atoms with van der Waals surface area (Å²) in [7, 11) is 3.37. The molecule has 0 saturated carbocycles. The minimum absolute atomic E-state index is 0.0354. The molecule has 3 aromatic rings. The largest absolute Gasteiger partial charge is 0.463 e. The lowest BCUT2D eigenvalue weighted by molar-refractivity contribution is -0.384. The van der Waals surface area contributed by atoms with Crippen molar-refractivity contribution in [3.8, 4) is 0 Å². The number of nitrogen functional groups attached to an aromatic ring is 1. The van der Waals surface area contributed by atoms with Crippen LogP contribution in [0.1, 0.15) is 46.0 Å². The molecule has 1 aliphatic heterocycles. The number of aromatic nitrogens is 4. The highest BCUT2D eigenvalue weighted by Crippen LogP contribution is 2.28. The zero-order valence-electron chi connectivity index (χ0n) is 25.0. The maximum atomic E-state index is 12.0. The van der Waals surface area contributed by atoms with Gasteiger partial charge in [0.1, 0.15) is 11.6 Å². The molecule has 4 rings (SSSR count). The minimum Gasteiger partial charge on any atom is -0.463 e. The van der Waals surface area contributed by atoms with Crippen molar-refractivity contribution in [2.75, 3.05) is 36.6 Å². The Morgan fingerprint density at radius 1 is 1.14 bits per heavy atom. The van der Waals surface area contributed by atoms with E-state index in [0.717, 1.165) is 0 Å². The lowest BCUT2D eigenvalue weighted by atomic mass is 10.1. The van der Waals surface area contributed by atoms with Crippen LogP contribution in [0.25, 0.3) is 0 Å². The number of aliphatic hydroxyl groups is 1. The number of hydrogen-bond donors (Lipinski definition) is 4. The van der Waals surface area contributed by atoms with Gasteiger partial charge in [-0.25, -0.2) is 14.8 Å². The van der Waals surface area contributed by atoms with Gasteiger partial charge in [0.2, 0.25) is 5.82 Å². The normalized spacial score (nSPS) is 12.8. The van der Waals surface area contributed by atoms with Crippen LogP contribution >= 0.6 is 0 Å². The molecule has 1 unspecified atom stereocenters. The summed E-state index contributed by atoms with van der Waals surface area (Å²) in [5, 5.41) is 36.4. The van der Waals surface area contributed by atoms with E-state index in [1.807, 2.05) is 20.8 Å². The van der Waals surface area contributed by atoms with Gasteiger partial charge in [0.15, 0.2) is 12.1 Å². The van der Waals surface area contributed by atoms with Crippen LogP contribution in [0.4, 0.5) is 28.8 Å². The number of pyridine rings is 2. The third-order valence-electron chi connectivity index (χ3n) is 5.53. The highest BCUT2D eigenvalue weighted by Gasteiger charge is 2.25. The third-order valence-corrected chi connectivity index (χ3v) is 5.53. The summed E-state index contributed by atoms with van der Waals surface area (Å²) in [6.07, 6.45) is 5.39. The van der Waals surface area contributed by atoms with Gasteiger partial charge < -0.3 is 30.9 Å². The van der Waals surface area contributed by atoms with E-state index in [0.29, 0.717) is 40.9 Å². The fraction of sp³-hybridized carbons (Fsp3) is 0.370. The number of anilines is 4. The Balaban J connectivity index is 0.000000286. The van der Waals surface area contributed by atoms with Crippen LogP contribution in [0.2, 0.25) is 0 Å². The zero-order chi connectivity index (χ0) is 31.9. The summed E-state index contributed by atoms with van der Waals surface area (Å²) in [5.74, 6) is 0.944. The molecule has 0 amide bonds. The van der Waals surface area contributed by atoms with Gasteiger partial charge in [-0.2, -0.15) is 10.2 Å². The Kier molecular flexibility index (Phi) is 13.5. The van der Waals surface area contributed by atoms with Crippen LogP contribution in [-0.2, 0) is 21.3 Å². The third kappa shape index (κ3) is 9.20. The maximum absolute atomic E-state index is 12.0. The average molecular weight is 599 g/mol. The Morgan fingerprint density at radius 2 is 1.81 bits per heavy atom. The molecule has 43 heavy (non-hydrogen) atoms. The Hall–Kier alpha value is -5.09. The number of esters is 1. The number of carbonyl (C=O) groups is 1. The molecule has 0 saturated heterocycles. The molecule has 0 aromatic carbocycles. The summed E-state index contributed by atoms with van der Waals surface area (Å²) in [5.41, 5.74) is 7.01. The van der Waals surface area contributed by atoms with Crippen molar-refractivity contribution in [2.24, 2.45) is 12.1 Å². The second-order valence-corrected chi connectivity index (χ2v) is 8.27. The van der Waals surface area contributed by atoms with Crippen molar-refractivity contribution in [1.29, 1.82) is 0 Å². The van der Waals surface area contributed by atoms with Crippen molar-refractivity contribution in [3.63, 3.8) is 0 Å². The molecule has 16 nitrogen and oxygen atoms in total. The van der Waals surface area contributed by atoms with E-state index in [1.54, 1.807) is 56.4 Å². The van der Waals surface area contributed by atoms with Gasteiger partial charge in [-0.3, -0.25) is 19.8 Å². The van der Waals surface area contributed by atoms with E-state index < -0.39 is 17.2 Å². The first kappa shape index (κ1) is 34.1. The van der Waals surface area contributed by atoms with Crippen molar-refractivity contribution in [1.82, 2.24) is 24.8 Å². The highest BCUT2D eigenvalue weighted by atomic mass is 16.6.